The minimum absolute atomic E-state index is 0.135. The molecule has 6 rings (SSSR count). The van der Waals surface area contributed by atoms with E-state index in [4.69, 9.17) is 5.10 Å². The number of aromatic amines is 1. The van der Waals surface area contributed by atoms with Gasteiger partial charge in [0.05, 0.1) is 27.1 Å². The predicted molar refractivity (Wildman–Crippen MR) is 162 cm³/mol. The van der Waals surface area contributed by atoms with Crippen molar-refractivity contribution in [1.29, 1.82) is 5.26 Å². The predicted octanol–water partition coefficient (Wildman–Crippen LogP) is 5.26. The van der Waals surface area contributed by atoms with Crippen LogP contribution in [0.15, 0.2) is 94.7 Å². The van der Waals surface area contributed by atoms with E-state index in [9.17, 15) is 18.5 Å². The van der Waals surface area contributed by atoms with Crippen LogP contribution in [0.3, 0.4) is 0 Å². The molecule has 210 valence electrons. The fraction of sp³-hybridized carbons (Fsp3) is 0.188. The van der Waals surface area contributed by atoms with Gasteiger partial charge in [-0.25, -0.2) is 18.1 Å². The van der Waals surface area contributed by atoms with Crippen LogP contribution in [0.1, 0.15) is 31.2 Å². The molecule has 2 aromatic heterocycles. The van der Waals surface area contributed by atoms with Crippen LogP contribution < -0.4 is 5.56 Å². The smallest absolute Gasteiger partial charge is 0.259 e. The Bertz CT molecular complexity index is 2010. The summed E-state index contributed by atoms with van der Waals surface area (Å²) in [6.45, 7) is 3.13. The van der Waals surface area contributed by atoms with Gasteiger partial charge in [0.15, 0.2) is 5.82 Å². The van der Waals surface area contributed by atoms with Crippen molar-refractivity contribution in [3.05, 3.63) is 107 Å². The van der Waals surface area contributed by atoms with E-state index < -0.39 is 10.0 Å². The van der Waals surface area contributed by atoms with Gasteiger partial charge in [0.1, 0.15) is 11.8 Å². The molecule has 3 heterocycles. The monoisotopic (exact) mass is 576 g/mol. The van der Waals surface area contributed by atoms with Crippen molar-refractivity contribution < 1.29 is 8.42 Å². The van der Waals surface area contributed by atoms with E-state index in [0.717, 1.165) is 18.5 Å². The van der Waals surface area contributed by atoms with E-state index in [-0.39, 0.29) is 21.9 Å². The molecular weight excluding hydrogens is 548 g/mol. The van der Waals surface area contributed by atoms with Crippen LogP contribution in [0, 0.1) is 17.2 Å². The normalized spacial score (nSPS) is 15.1. The molecule has 5 aromatic rings. The number of sulfonamides is 1. The number of H-pyrrole nitrogens is 1. The molecule has 42 heavy (non-hydrogen) atoms. The van der Waals surface area contributed by atoms with Gasteiger partial charge in [-0.3, -0.25) is 4.79 Å². The zero-order valence-electron chi connectivity index (χ0n) is 22.9. The molecule has 0 aliphatic carbocycles. The topological polar surface area (TPSA) is 125 Å². The van der Waals surface area contributed by atoms with Crippen LogP contribution in [0.2, 0.25) is 0 Å². The Morgan fingerprint density at radius 2 is 1.76 bits per heavy atom. The van der Waals surface area contributed by atoms with Gasteiger partial charge in [-0.2, -0.15) is 14.7 Å². The van der Waals surface area contributed by atoms with Crippen molar-refractivity contribution in [3.8, 4) is 23.0 Å². The van der Waals surface area contributed by atoms with Crippen molar-refractivity contribution in [2.24, 2.45) is 5.92 Å². The van der Waals surface area contributed by atoms with Crippen molar-refractivity contribution in [2.75, 3.05) is 13.1 Å². The third kappa shape index (κ3) is 5.28. The van der Waals surface area contributed by atoms with E-state index in [1.165, 1.54) is 0 Å². The standard InChI is InChI=1S/C32H28N6O3S/c1-22-14-16-37(17-15-22)42(40,41)27-11-7-8-23(19-27)30-25(21-38(36-30)26-9-3-2-4-10-26)18-24(20-33)31-34-29-13-6-5-12-28(29)32(39)35-31/h2-13,18-19,21-22H,14-17H2,1H3,(H,34,35,39). The van der Waals surface area contributed by atoms with Crippen LogP contribution in [0.25, 0.3) is 39.5 Å². The largest absolute Gasteiger partial charge is 0.305 e. The Labute approximate surface area is 243 Å². The minimum Gasteiger partial charge on any atom is -0.305 e. The maximum atomic E-state index is 13.5. The van der Waals surface area contributed by atoms with Crippen LogP contribution in [0.4, 0.5) is 0 Å². The van der Waals surface area contributed by atoms with E-state index in [2.05, 4.69) is 23.0 Å². The fourth-order valence-electron chi connectivity index (χ4n) is 5.13. The maximum absolute atomic E-state index is 13.5. The second-order valence-electron chi connectivity index (χ2n) is 10.4. The molecule has 10 heteroatoms. The molecule has 0 bridgehead atoms. The first-order chi connectivity index (χ1) is 20.3. The Kier molecular flexibility index (Phi) is 7.29. The maximum Gasteiger partial charge on any atom is 0.259 e. The Hall–Kier alpha value is -4.85. The molecule has 1 N–H and O–H groups in total. The van der Waals surface area contributed by atoms with Gasteiger partial charge in [0, 0.05) is 30.4 Å². The summed E-state index contributed by atoms with van der Waals surface area (Å²) in [7, 11) is -3.69. The van der Waals surface area contributed by atoms with Crippen molar-refractivity contribution in [3.63, 3.8) is 0 Å². The molecule has 0 unspecified atom stereocenters. The van der Waals surface area contributed by atoms with Crippen LogP contribution in [0.5, 0.6) is 0 Å². The Balaban J connectivity index is 1.47. The average Bonchev–Trinajstić information content (AvgIpc) is 3.44. The van der Waals surface area contributed by atoms with Crippen LogP contribution >= 0.6 is 0 Å². The highest BCUT2D eigenvalue weighted by Crippen LogP contribution is 2.31. The average molecular weight is 577 g/mol. The molecule has 1 aliphatic heterocycles. The molecule has 1 aliphatic rings. The molecule has 3 aromatic carbocycles. The number of allylic oxidation sites excluding steroid dienone is 1. The third-order valence-electron chi connectivity index (χ3n) is 7.54. The van der Waals surface area contributed by atoms with E-state index in [0.29, 0.717) is 46.7 Å². The molecule has 1 saturated heterocycles. The summed E-state index contributed by atoms with van der Waals surface area (Å²) >= 11 is 0. The number of piperidine rings is 1. The zero-order valence-corrected chi connectivity index (χ0v) is 23.8. The second kappa shape index (κ2) is 11.2. The van der Waals surface area contributed by atoms with Crippen LogP contribution in [-0.4, -0.2) is 45.6 Å². The lowest BCUT2D eigenvalue weighted by molar-refractivity contribution is 0.288. The lowest BCUT2D eigenvalue weighted by Gasteiger charge is -2.29. The van der Waals surface area contributed by atoms with Gasteiger partial charge in [-0.05, 0) is 61.2 Å². The lowest BCUT2D eigenvalue weighted by atomic mass is 10.0. The van der Waals surface area contributed by atoms with Gasteiger partial charge >= 0.3 is 0 Å². The summed E-state index contributed by atoms with van der Waals surface area (Å²) in [6.07, 6.45) is 5.05. The van der Waals surface area contributed by atoms with Gasteiger partial charge in [-0.1, -0.05) is 49.4 Å². The molecule has 1 fully saturated rings. The molecule has 0 amide bonds. The minimum atomic E-state index is -3.69. The molecule has 0 radical (unpaired) electrons. The number of nitriles is 1. The molecule has 0 saturated carbocycles. The summed E-state index contributed by atoms with van der Waals surface area (Å²) in [4.78, 5) is 20.1. The number of rotatable bonds is 6. The summed E-state index contributed by atoms with van der Waals surface area (Å²) in [5.74, 6) is 0.635. The lowest BCUT2D eigenvalue weighted by Crippen LogP contribution is -2.37. The Morgan fingerprint density at radius 3 is 2.52 bits per heavy atom. The number of hydrogen-bond acceptors (Lipinski definition) is 6. The Morgan fingerprint density at radius 1 is 1.02 bits per heavy atom. The number of nitrogens with zero attached hydrogens (tertiary/aromatic N) is 5. The molecule has 9 nitrogen and oxygen atoms in total. The highest BCUT2D eigenvalue weighted by Gasteiger charge is 2.28. The zero-order chi connectivity index (χ0) is 29.3. The van der Waals surface area contributed by atoms with Gasteiger partial charge < -0.3 is 4.98 Å². The molecule has 0 spiro atoms. The van der Waals surface area contributed by atoms with E-state index in [1.54, 1.807) is 69.8 Å². The quantitative estimate of drug-likeness (QED) is 0.275. The second-order valence-corrected chi connectivity index (χ2v) is 12.4. The number of benzene rings is 3. The van der Waals surface area contributed by atoms with Gasteiger partial charge in [0.25, 0.3) is 5.56 Å². The number of nitrogens with one attached hydrogen (secondary N) is 1. The van der Waals surface area contributed by atoms with E-state index >= 15 is 0 Å². The number of para-hydroxylation sites is 2. The summed E-state index contributed by atoms with van der Waals surface area (Å²) < 4.78 is 30.3. The summed E-state index contributed by atoms with van der Waals surface area (Å²) in [5, 5.41) is 15.3. The summed E-state index contributed by atoms with van der Waals surface area (Å²) in [6, 6.07) is 25.3. The van der Waals surface area contributed by atoms with Crippen molar-refractivity contribution >= 4 is 32.6 Å². The summed E-state index contributed by atoms with van der Waals surface area (Å²) in [5.41, 5.74) is 2.69. The third-order valence-corrected chi connectivity index (χ3v) is 9.43. The molecule has 0 atom stereocenters. The first-order valence-corrected chi connectivity index (χ1v) is 15.1. The van der Waals surface area contributed by atoms with Gasteiger partial charge in [0.2, 0.25) is 10.0 Å². The van der Waals surface area contributed by atoms with E-state index in [1.807, 2.05) is 30.3 Å². The highest BCUT2D eigenvalue weighted by molar-refractivity contribution is 7.89. The number of aromatic nitrogens is 4. The molecular formula is C32H28N6O3S. The van der Waals surface area contributed by atoms with Gasteiger partial charge in [-0.15, -0.1) is 0 Å². The fourth-order valence-corrected chi connectivity index (χ4v) is 6.65. The first-order valence-electron chi connectivity index (χ1n) is 13.7. The number of hydrogen-bond donors (Lipinski definition) is 1. The van der Waals surface area contributed by atoms with Crippen molar-refractivity contribution in [1.82, 2.24) is 24.1 Å². The number of fused-ring (bicyclic) bond motifs is 1. The first kappa shape index (κ1) is 27.3. The van der Waals surface area contributed by atoms with Crippen LogP contribution in [-0.2, 0) is 10.0 Å². The van der Waals surface area contributed by atoms with Crippen molar-refractivity contribution in [2.45, 2.75) is 24.7 Å². The SMILES string of the molecule is CC1CCN(S(=O)(=O)c2cccc(-c3nn(-c4ccccc4)cc3C=C(C#N)c3nc4ccccc4c(=O)[nH]3)c2)CC1. The highest BCUT2D eigenvalue weighted by atomic mass is 32.2.